The molecule has 1 fully saturated rings. The zero-order valence-electron chi connectivity index (χ0n) is 16.9. The third-order valence-corrected chi connectivity index (χ3v) is 5.85. The highest BCUT2D eigenvalue weighted by atomic mass is 16.5. The minimum atomic E-state index is -0.359. The summed E-state index contributed by atoms with van der Waals surface area (Å²) in [4.78, 5) is 21.7. The average Bonchev–Trinajstić information content (AvgIpc) is 3.34. The second-order valence-corrected chi connectivity index (χ2v) is 8.15. The van der Waals surface area contributed by atoms with Crippen LogP contribution in [0.2, 0.25) is 0 Å². The summed E-state index contributed by atoms with van der Waals surface area (Å²) in [5, 5.41) is 0. The number of nitrogens with zero attached hydrogens (tertiary/aromatic N) is 4. The molecule has 1 amide bonds. The molecular formula is C22H30N4O2. The highest BCUT2D eigenvalue weighted by Gasteiger charge is 2.34. The van der Waals surface area contributed by atoms with Gasteiger partial charge in [-0.1, -0.05) is 18.2 Å². The standard InChI is InChI=1S/C22H30N4O2/c1-24(2)11-5-12-25-15-10-23-21(25)17-8-13-26(14-9-17)22(27)20-16-18-6-3-4-7-19(18)28-20/h3-4,6-7,10,15,17,20H,5,8-9,11-14,16H2,1-2H3/t20-/m0/s1. The molecule has 150 valence electrons. The first-order valence-corrected chi connectivity index (χ1v) is 10.3. The maximum atomic E-state index is 12.9. The molecule has 2 aliphatic rings. The highest BCUT2D eigenvalue weighted by Crippen LogP contribution is 2.31. The van der Waals surface area contributed by atoms with Gasteiger partial charge in [-0.2, -0.15) is 0 Å². The van der Waals surface area contributed by atoms with Crippen molar-refractivity contribution in [3.63, 3.8) is 0 Å². The summed E-state index contributed by atoms with van der Waals surface area (Å²) in [6.07, 6.45) is 7.38. The van der Waals surface area contributed by atoms with Gasteiger partial charge in [-0.05, 0) is 51.5 Å². The number of likely N-dealkylation sites (tertiary alicyclic amines) is 1. The molecule has 2 aliphatic heterocycles. The fourth-order valence-electron chi connectivity index (χ4n) is 4.31. The third-order valence-electron chi connectivity index (χ3n) is 5.85. The molecule has 6 heteroatoms. The first-order valence-electron chi connectivity index (χ1n) is 10.3. The molecule has 0 radical (unpaired) electrons. The molecule has 0 unspecified atom stereocenters. The molecule has 28 heavy (non-hydrogen) atoms. The molecule has 1 atom stereocenters. The van der Waals surface area contributed by atoms with Crippen molar-refractivity contribution in [2.75, 3.05) is 33.7 Å². The summed E-state index contributed by atoms with van der Waals surface area (Å²) in [6.45, 7) is 3.64. The molecule has 6 nitrogen and oxygen atoms in total. The lowest BCUT2D eigenvalue weighted by atomic mass is 9.95. The van der Waals surface area contributed by atoms with E-state index >= 15 is 0 Å². The van der Waals surface area contributed by atoms with Gasteiger partial charge in [0, 0.05) is 44.4 Å². The number of ether oxygens (including phenoxy) is 1. The van der Waals surface area contributed by atoms with E-state index in [9.17, 15) is 4.79 Å². The summed E-state index contributed by atoms with van der Waals surface area (Å²) in [5.74, 6) is 2.59. The maximum Gasteiger partial charge on any atom is 0.263 e. The Hall–Kier alpha value is -2.34. The van der Waals surface area contributed by atoms with Crippen molar-refractivity contribution in [1.29, 1.82) is 0 Å². The van der Waals surface area contributed by atoms with Crippen molar-refractivity contribution >= 4 is 5.91 Å². The number of benzene rings is 1. The number of hydrogen-bond acceptors (Lipinski definition) is 4. The van der Waals surface area contributed by atoms with Gasteiger partial charge in [0.1, 0.15) is 11.6 Å². The van der Waals surface area contributed by atoms with Gasteiger partial charge in [0.25, 0.3) is 5.91 Å². The van der Waals surface area contributed by atoms with Gasteiger partial charge in [0.05, 0.1) is 0 Å². The van der Waals surface area contributed by atoms with Crippen LogP contribution in [0.25, 0.3) is 0 Å². The largest absolute Gasteiger partial charge is 0.480 e. The number of amides is 1. The fourth-order valence-corrected chi connectivity index (χ4v) is 4.31. The van der Waals surface area contributed by atoms with E-state index in [-0.39, 0.29) is 12.0 Å². The highest BCUT2D eigenvalue weighted by molar-refractivity contribution is 5.82. The van der Waals surface area contributed by atoms with Crippen molar-refractivity contribution in [2.45, 2.75) is 44.2 Å². The van der Waals surface area contributed by atoms with Gasteiger partial charge >= 0.3 is 0 Å². The predicted octanol–water partition coefficient (Wildman–Crippen LogP) is 2.54. The number of rotatable bonds is 6. The van der Waals surface area contributed by atoms with Crippen LogP contribution >= 0.6 is 0 Å². The van der Waals surface area contributed by atoms with Crippen LogP contribution in [-0.4, -0.2) is 65.1 Å². The minimum Gasteiger partial charge on any atom is -0.480 e. The summed E-state index contributed by atoms with van der Waals surface area (Å²) < 4.78 is 8.19. The van der Waals surface area contributed by atoms with E-state index in [1.54, 1.807) is 0 Å². The molecule has 1 aromatic heterocycles. The van der Waals surface area contributed by atoms with E-state index in [4.69, 9.17) is 4.74 Å². The Bertz CT molecular complexity index is 783. The van der Waals surface area contributed by atoms with Crippen molar-refractivity contribution in [1.82, 2.24) is 19.4 Å². The lowest BCUT2D eigenvalue weighted by Gasteiger charge is -2.33. The Morgan fingerprint density at radius 1 is 1.25 bits per heavy atom. The van der Waals surface area contributed by atoms with Gasteiger partial charge in [0.15, 0.2) is 6.10 Å². The van der Waals surface area contributed by atoms with Crippen LogP contribution in [0.3, 0.4) is 0 Å². The number of carbonyl (C=O) groups is 1. The molecule has 3 heterocycles. The molecule has 4 rings (SSSR count). The Balaban J connectivity index is 1.31. The molecular weight excluding hydrogens is 352 g/mol. The van der Waals surface area contributed by atoms with Gasteiger partial charge in [-0.25, -0.2) is 4.98 Å². The Morgan fingerprint density at radius 3 is 2.79 bits per heavy atom. The molecule has 0 saturated carbocycles. The number of imidazole rings is 1. The zero-order valence-corrected chi connectivity index (χ0v) is 16.9. The Morgan fingerprint density at radius 2 is 2.04 bits per heavy atom. The van der Waals surface area contributed by atoms with Crippen molar-refractivity contribution in [3.05, 3.63) is 48.0 Å². The van der Waals surface area contributed by atoms with Crippen LogP contribution in [0.4, 0.5) is 0 Å². The van der Waals surface area contributed by atoms with Crippen molar-refractivity contribution in [3.8, 4) is 5.75 Å². The quantitative estimate of drug-likeness (QED) is 0.770. The second kappa shape index (κ2) is 8.35. The third kappa shape index (κ3) is 4.07. The van der Waals surface area contributed by atoms with Gasteiger partial charge in [-0.3, -0.25) is 4.79 Å². The number of fused-ring (bicyclic) bond motifs is 1. The van der Waals surface area contributed by atoms with E-state index in [1.165, 1.54) is 5.82 Å². The summed E-state index contributed by atoms with van der Waals surface area (Å²) in [5.41, 5.74) is 1.13. The number of aromatic nitrogens is 2. The van der Waals surface area contributed by atoms with Crippen LogP contribution in [0.5, 0.6) is 5.75 Å². The monoisotopic (exact) mass is 382 g/mol. The molecule has 0 spiro atoms. The summed E-state index contributed by atoms with van der Waals surface area (Å²) >= 11 is 0. The van der Waals surface area contributed by atoms with Crippen molar-refractivity contribution < 1.29 is 9.53 Å². The van der Waals surface area contributed by atoms with Crippen LogP contribution in [0, 0.1) is 0 Å². The number of hydrogen-bond donors (Lipinski definition) is 0. The predicted molar refractivity (Wildman–Crippen MR) is 109 cm³/mol. The van der Waals surface area contributed by atoms with E-state index in [1.807, 2.05) is 35.4 Å². The minimum absolute atomic E-state index is 0.129. The van der Waals surface area contributed by atoms with E-state index in [0.717, 1.165) is 56.8 Å². The first kappa shape index (κ1) is 19.0. The first-order chi connectivity index (χ1) is 13.6. The van der Waals surface area contributed by atoms with Gasteiger partial charge < -0.3 is 19.1 Å². The second-order valence-electron chi connectivity index (χ2n) is 8.15. The molecule has 0 aliphatic carbocycles. The lowest BCUT2D eigenvalue weighted by molar-refractivity contribution is -0.139. The zero-order chi connectivity index (χ0) is 19.5. The van der Waals surface area contributed by atoms with E-state index < -0.39 is 0 Å². The smallest absolute Gasteiger partial charge is 0.263 e. The van der Waals surface area contributed by atoms with Crippen molar-refractivity contribution in [2.24, 2.45) is 0 Å². The number of carbonyl (C=O) groups excluding carboxylic acids is 1. The SMILES string of the molecule is CN(C)CCCn1ccnc1C1CCN(C(=O)[C@@H]2Cc3ccccc3O2)CC1. The Labute approximate surface area is 167 Å². The Kier molecular flexibility index (Phi) is 5.67. The number of aryl methyl sites for hydroxylation is 1. The average molecular weight is 383 g/mol. The summed E-state index contributed by atoms with van der Waals surface area (Å²) in [7, 11) is 4.21. The number of para-hydroxylation sites is 1. The van der Waals surface area contributed by atoms with Crippen LogP contribution in [0.15, 0.2) is 36.7 Å². The molecule has 1 saturated heterocycles. The summed E-state index contributed by atoms with van der Waals surface area (Å²) in [6, 6.07) is 7.95. The maximum absolute atomic E-state index is 12.9. The fraction of sp³-hybridized carbons (Fsp3) is 0.545. The molecule has 0 N–H and O–H groups in total. The molecule has 2 aromatic rings. The van der Waals surface area contributed by atoms with Crippen LogP contribution < -0.4 is 4.74 Å². The molecule has 1 aromatic carbocycles. The van der Waals surface area contributed by atoms with Crippen LogP contribution in [-0.2, 0) is 17.8 Å². The lowest BCUT2D eigenvalue weighted by Crippen LogP contribution is -2.45. The van der Waals surface area contributed by atoms with Crippen LogP contribution in [0.1, 0.15) is 36.6 Å². The molecule has 0 bridgehead atoms. The van der Waals surface area contributed by atoms with E-state index in [0.29, 0.717) is 12.3 Å². The van der Waals surface area contributed by atoms with Gasteiger partial charge in [-0.15, -0.1) is 0 Å². The number of piperidine rings is 1. The normalized spacial score (nSPS) is 19.7. The topological polar surface area (TPSA) is 50.6 Å². The van der Waals surface area contributed by atoms with Gasteiger partial charge in [0.2, 0.25) is 0 Å². The van der Waals surface area contributed by atoms with E-state index in [2.05, 4.69) is 34.7 Å².